The number of hydrogen-bond donors (Lipinski definition) is 1. The van der Waals surface area contributed by atoms with Crippen molar-refractivity contribution in [2.75, 3.05) is 7.11 Å². The second-order valence-electron chi connectivity index (χ2n) is 2.93. The lowest BCUT2D eigenvalue weighted by Gasteiger charge is -2.04. The number of methoxy groups -OCH3 is 1. The first-order chi connectivity index (χ1) is 7.38. The van der Waals surface area contributed by atoms with Crippen LogP contribution in [0.1, 0.15) is 5.69 Å². The molecule has 1 aromatic heterocycles. The van der Waals surface area contributed by atoms with Gasteiger partial charge in [-0.1, -0.05) is 5.21 Å². The number of nitrogens with zero attached hydrogens (tertiary/aromatic N) is 2. The van der Waals surface area contributed by atoms with Crippen molar-refractivity contribution >= 4 is 0 Å². The fraction of sp³-hybridized carbons (Fsp3) is 0.200. The number of H-pyrrole nitrogens is 1. The van der Waals surface area contributed by atoms with Gasteiger partial charge >= 0.3 is 0 Å². The molecule has 1 heterocycles. The van der Waals surface area contributed by atoms with Crippen molar-refractivity contribution in [3.63, 3.8) is 0 Å². The number of ether oxygens (including phenoxy) is 2. The van der Waals surface area contributed by atoms with Gasteiger partial charge in [-0.25, -0.2) is 0 Å². The van der Waals surface area contributed by atoms with E-state index in [1.54, 1.807) is 13.3 Å². The number of aromatic amines is 1. The first-order valence-electron chi connectivity index (χ1n) is 4.50. The Balaban J connectivity index is 1.93. The summed E-state index contributed by atoms with van der Waals surface area (Å²) in [5.41, 5.74) is 0.769. The normalized spacial score (nSPS) is 9.93. The average Bonchev–Trinajstić information content (AvgIpc) is 2.80. The second-order valence-corrected chi connectivity index (χ2v) is 2.93. The molecule has 1 N–H and O–H groups in total. The van der Waals surface area contributed by atoms with E-state index < -0.39 is 0 Å². The molecule has 0 saturated carbocycles. The number of nitrogens with one attached hydrogen (secondary N) is 1. The monoisotopic (exact) mass is 205 g/mol. The Bertz CT molecular complexity index is 397. The zero-order chi connectivity index (χ0) is 10.5. The van der Waals surface area contributed by atoms with E-state index in [4.69, 9.17) is 9.47 Å². The highest BCUT2D eigenvalue weighted by Gasteiger charge is 1.98. The zero-order valence-corrected chi connectivity index (χ0v) is 8.30. The van der Waals surface area contributed by atoms with Crippen molar-refractivity contribution in [1.82, 2.24) is 15.4 Å². The summed E-state index contributed by atoms with van der Waals surface area (Å²) in [4.78, 5) is 0. The summed E-state index contributed by atoms with van der Waals surface area (Å²) < 4.78 is 10.5. The molecule has 1 aromatic carbocycles. The third-order valence-electron chi connectivity index (χ3n) is 1.91. The lowest BCUT2D eigenvalue weighted by molar-refractivity contribution is 0.300. The molecule has 0 aliphatic carbocycles. The molecule has 0 fully saturated rings. The molecule has 2 aromatic rings. The minimum atomic E-state index is 0.406. The van der Waals surface area contributed by atoms with Crippen molar-refractivity contribution in [3.05, 3.63) is 36.2 Å². The molecule has 78 valence electrons. The lowest BCUT2D eigenvalue weighted by atomic mass is 10.3. The Morgan fingerprint density at radius 2 is 1.93 bits per heavy atom. The van der Waals surface area contributed by atoms with Gasteiger partial charge in [0, 0.05) is 6.20 Å². The number of aromatic nitrogens is 3. The molecular formula is C10H11N3O2. The molecule has 0 saturated heterocycles. The third kappa shape index (κ3) is 2.46. The largest absolute Gasteiger partial charge is 0.497 e. The summed E-state index contributed by atoms with van der Waals surface area (Å²) in [5.74, 6) is 1.59. The van der Waals surface area contributed by atoms with Crippen LogP contribution in [-0.4, -0.2) is 22.5 Å². The minimum absolute atomic E-state index is 0.406. The smallest absolute Gasteiger partial charge is 0.134 e. The highest BCUT2D eigenvalue weighted by molar-refractivity contribution is 5.31. The minimum Gasteiger partial charge on any atom is -0.497 e. The molecule has 15 heavy (non-hydrogen) atoms. The van der Waals surface area contributed by atoms with Crippen molar-refractivity contribution < 1.29 is 9.47 Å². The molecule has 0 unspecified atom stereocenters. The van der Waals surface area contributed by atoms with E-state index in [2.05, 4.69) is 15.4 Å². The van der Waals surface area contributed by atoms with E-state index in [1.807, 2.05) is 24.3 Å². The van der Waals surface area contributed by atoms with Crippen LogP contribution in [0.3, 0.4) is 0 Å². The van der Waals surface area contributed by atoms with Gasteiger partial charge in [0.2, 0.25) is 0 Å². The molecule has 0 amide bonds. The van der Waals surface area contributed by atoms with Crippen LogP contribution in [0.2, 0.25) is 0 Å². The van der Waals surface area contributed by atoms with E-state index in [-0.39, 0.29) is 0 Å². The van der Waals surface area contributed by atoms with Gasteiger partial charge in [0.05, 0.1) is 7.11 Å². The van der Waals surface area contributed by atoms with Crippen LogP contribution in [0.15, 0.2) is 30.5 Å². The lowest BCUT2D eigenvalue weighted by Crippen LogP contribution is -1.95. The summed E-state index contributed by atoms with van der Waals surface area (Å²) in [6.07, 6.45) is 1.70. The molecule has 0 atom stereocenters. The number of benzene rings is 1. The van der Waals surface area contributed by atoms with Crippen molar-refractivity contribution in [2.24, 2.45) is 0 Å². The van der Waals surface area contributed by atoms with Crippen LogP contribution >= 0.6 is 0 Å². The number of rotatable bonds is 4. The SMILES string of the molecule is COc1ccc(OCc2c[nH]nn2)cc1. The summed E-state index contributed by atoms with van der Waals surface area (Å²) in [7, 11) is 1.63. The van der Waals surface area contributed by atoms with Crippen LogP contribution in [-0.2, 0) is 6.61 Å². The Kier molecular flexibility index (Phi) is 2.82. The quantitative estimate of drug-likeness (QED) is 0.819. The van der Waals surface area contributed by atoms with Crippen LogP contribution < -0.4 is 9.47 Å². The van der Waals surface area contributed by atoms with Crippen LogP contribution in [0.25, 0.3) is 0 Å². The Morgan fingerprint density at radius 1 is 1.20 bits per heavy atom. The van der Waals surface area contributed by atoms with Gasteiger partial charge in [0.25, 0.3) is 0 Å². The van der Waals surface area contributed by atoms with Gasteiger partial charge in [0.1, 0.15) is 23.8 Å². The van der Waals surface area contributed by atoms with E-state index in [1.165, 1.54) is 0 Å². The predicted octanol–water partition coefficient (Wildman–Crippen LogP) is 1.39. The molecule has 2 rings (SSSR count). The summed E-state index contributed by atoms with van der Waals surface area (Å²) in [6.45, 7) is 0.406. The van der Waals surface area contributed by atoms with Gasteiger partial charge in [-0.05, 0) is 24.3 Å². The van der Waals surface area contributed by atoms with Gasteiger partial charge in [-0.3, -0.25) is 5.10 Å². The van der Waals surface area contributed by atoms with E-state index in [0.717, 1.165) is 17.2 Å². The van der Waals surface area contributed by atoms with Gasteiger partial charge in [-0.2, -0.15) is 0 Å². The maximum Gasteiger partial charge on any atom is 0.134 e. The summed E-state index contributed by atoms with van der Waals surface area (Å²) in [5, 5.41) is 10.0. The molecule has 0 bridgehead atoms. The van der Waals surface area contributed by atoms with Crippen LogP contribution in [0, 0.1) is 0 Å². The Labute approximate surface area is 87.0 Å². The standard InChI is InChI=1S/C10H11N3O2/c1-14-9-2-4-10(5-3-9)15-7-8-6-11-13-12-8/h2-6H,7H2,1H3,(H,11,12,13). The molecule has 0 radical (unpaired) electrons. The summed E-state index contributed by atoms with van der Waals surface area (Å²) >= 11 is 0. The summed E-state index contributed by atoms with van der Waals surface area (Å²) in [6, 6.07) is 7.38. The van der Waals surface area contributed by atoms with Crippen molar-refractivity contribution in [3.8, 4) is 11.5 Å². The maximum absolute atomic E-state index is 5.47. The molecule has 5 heteroatoms. The van der Waals surface area contributed by atoms with Gasteiger partial charge in [0.15, 0.2) is 0 Å². The van der Waals surface area contributed by atoms with Gasteiger partial charge in [-0.15, -0.1) is 5.10 Å². The highest BCUT2D eigenvalue weighted by Crippen LogP contribution is 2.17. The van der Waals surface area contributed by atoms with Crippen LogP contribution in [0.4, 0.5) is 0 Å². The maximum atomic E-state index is 5.47. The molecule has 0 aliphatic heterocycles. The Hall–Kier alpha value is -2.04. The van der Waals surface area contributed by atoms with Crippen molar-refractivity contribution in [1.29, 1.82) is 0 Å². The Morgan fingerprint density at radius 3 is 2.53 bits per heavy atom. The topological polar surface area (TPSA) is 60.0 Å². The zero-order valence-electron chi connectivity index (χ0n) is 8.30. The first-order valence-corrected chi connectivity index (χ1v) is 4.50. The molecule has 5 nitrogen and oxygen atoms in total. The average molecular weight is 205 g/mol. The first kappa shape index (κ1) is 9.51. The predicted molar refractivity (Wildman–Crippen MR) is 53.7 cm³/mol. The third-order valence-corrected chi connectivity index (χ3v) is 1.91. The molecule has 0 aliphatic rings. The van der Waals surface area contributed by atoms with Gasteiger partial charge < -0.3 is 9.47 Å². The van der Waals surface area contributed by atoms with E-state index >= 15 is 0 Å². The second kappa shape index (κ2) is 4.45. The molecule has 0 spiro atoms. The van der Waals surface area contributed by atoms with E-state index in [0.29, 0.717) is 6.61 Å². The fourth-order valence-corrected chi connectivity index (χ4v) is 1.13. The molecular weight excluding hydrogens is 194 g/mol. The van der Waals surface area contributed by atoms with Crippen LogP contribution in [0.5, 0.6) is 11.5 Å². The fourth-order valence-electron chi connectivity index (χ4n) is 1.13. The highest BCUT2D eigenvalue weighted by atomic mass is 16.5. The number of hydrogen-bond acceptors (Lipinski definition) is 4. The van der Waals surface area contributed by atoms with Crippen molar-refractivity contribution in [2.45, 2.75) is 6.61 Å². The van der Waals surface area contributed by atoms with E-state index in [9.17, 15) is 0 Å².